The Morgan fingerprint density at radius 2 is 1.84 bits per heavy atom. The number of hydrogen-bond donors (Lipinski definition) is 4. The van der Waals surface area contributed by atoms with Gasteiger partial charge in [-0.3, -0.25) is 9.78 Å². The van der Waals surface area contributed by atoms with Gasteiger partial charge in [0.15, 0.2) is 0 Å². The van der Waals surface area contributed by atoms with Gasteiger partial charge in [0.25, 0.3) is 5.91 Å². The fraction of sp³-hybridized carbons (Fsp3) is 0.367. The molecule has 3 aromatic rings. The Hall–Kier alpha value is -3.26. The Balaban J connectivity index is 0.00000195. The van der Waals surface area contributed by atoms with Gasteiger partial charge < -0.3 is 26.5 Å². The zero-order valence-corrected chi connectivity index (χ0v) is 23.1. The van der Waals surface area contributed by atoms with Gasteiger partial charge in [0.1, 0.15) is 6.23 Å². The molecule has 0 spiro atoms. The summed E-state index contributed by atoms with van der Waals surface area (Å²) < 4.78 is 5.80. The number of ether oxygens (including phenoxy) is 1. The van der Waals surface area contributed by atoms with Gasteiger partial charge in [0.05, 0.1) is 17.3 Å². The van der Waals surface area contributed by atoms with Crippen molar-refractivity contribution < 1.29 is 9.53 Å². The normalized spacial score (nSPS) is 15.6. The summed E-state index contributed by atoms with van der Waals surface area (Å²) in [6.07, 6.45) is 6.91. The highest BCUT2D eigenvalue weighted by atomic mass is 35.5. The van der Waals surface area contributed by atoms with E-state index in [1.165, 1.54) is 0 Å². The molecule has 202 valence electrons. The molecule has 8 heteroatoms. The molecule has 2 heterocycles. The first-order valence-corrected chi connectivity index (χ1v) is 13.6. The molecule has 0 aliphatic carbocycles. The van der Waals surface area contributed by atoms with E-state index >= 15 is 0 Å². The lowest BCUT2D eigenvalue weighted by Gasteiger charge is -2.26. The van der Waals surface area contributed by atoms with E-state index in [0.717, 1.165) is 48.2 Å². The molecule has 4 rings (SSSR count). The number of nitrogens with one attached hydrogen (secondary N) is 3. The largest absolute Gasteiger partial charge is 0.360 e. The maximum absolute atomic E-state index is 13.0. The second-order valence-corrected chi connectivity index (χ2v) is 9.51. The van der Waals surface area contributed by atoms with Crippen LogP contribution in [0.4, 0.5) is 5.69 Å². The average molecular weight is 536 g/mol. The van der Waals surface area contributed by atoms with Crippen LogP contribution < -0.4 is 16.4 Å². The van der Waals surface area contributed by atoms with E-state index < -0.39 is 6.04 Å². The van der Waals surface area contributed by atoms with Gasteiger partial charge in [0, 0.05) is 41.8 Å². The van der Waals surface area contributed by atoms with Crippen molar-refractivity contribution >= 4 is 28.9 Å². The number of rotatable bonds is 9. The lowest BCUT2D eigenvalue weighted by Crippen LogP contribution is -2.39. The lowest BCUT2D eigenvalue weighted by atomic mass is 10.0. The van der Waals surface area contributed by atoms with Crippen molar-refractivity contribution in [3.8, 4) is 0 Å². The van der Waals surface area contributed by atoms with E-state index in [1.807, 2.05) is 50.2 Å². The van der Waals surface area contributed by atoms with Gasteiger partial charge in [-0.05, 0) is 73.6 Å². The number of anilines is 1. The van der Waals surface area contributed by atoms with E-state index in [9.17, 15) is 4.79 Å². The summed E-state index contributed by atoms with van der Waals surface area (Å²) >= 11 is 6.25. The molecular formula is C30H38ClN5O2. The monoisotopic (exact) mass is 535 g/mol. The Kier molecular flexibility index (Phi) is 11.3. The molecule has 38 heavy (non-hydrogen) atoms. The van der Waals surface area contributed by atoms with E-state index in [2.05, 4.69) is 15.6 Å². The summed E-state index contributed by atoms with van der Waals surface area (Å²) in [7, 11) is 0. The molecule has 1 aliphatic rings. The highest BCUT2D eigenvalue weighted by molar-refractivity contribution is 6.31. The minimum atomic E-state index is -0.545. The predicted molar refractivity (Wildman–Crippen MR) is 155 cm³/mol. The molecule has 0 radical (unpaired) electrons. The van der Waals surface area contributed by atoms with Crippen molar-refractivity contribution in [2.75, 3.05) is 11.9 Å². The predicted octanol–water partition coefficient (Wildman–Crippen LogP) is 5.94. The second-order valence-electron chi connectivity index (χ2n) is 9.08. The van der Waals surface area contributed by atoms with Gasteiger partial charge in [-0.1, -0.05) is 49.7 Å². The summed E-state index contributed by atoms with van der Waals surface area (Å²) in [6, 6.07) is 14.8. The number of benzene rings is 2. The first kappa shape index (κ1) is 29.3. The van der Waals surface area contributed by atoms with Gasteiger partial charge in [-0.2, -0.15) is 0 Å². The zero-order valence-electron chi connectivity index (χ0n) is 22.4. The minimum absolute atomic E-state index is 0.100. The van der Waals surface area contributed by atoms with Crippen molar-refractivity contribution in [1.82, 2.24) is 10.3 Å². The van der Waals surface area contributed by atoms with Crippen LogP contribution >= 0.6 is 11.6 Å². The van der Waals surface area contributed by atoms with E-state index in [1.54, 1.807) is 31.5 Å². The average Bonchev–Trinajstić information content (AvgIpc) is 2.95. The van der Waals surface area contributed by atoms with Crippen LogP contribution in [0.2, 0.25) is 5.02 Å². The molecule has 2 aromatic carbocycles. The molecule has 0 saturated carbocycles. The highest BCUT2D eigenvalue weighted by Crippen LogP contribution is 2.25. The fourth-order valence-corrected chi connectivity index (χ4v) is 4.39. The number of pyridine rings is 1. The van der Waals surface area contributed by atoms with Crippen LogP contribution in [0.25, 0.3) is 0 Å². The molecule has 1 aromatic heterocycles. The van der Waals surface area contributed by atoms with Crippen molar-refractivity contribution in [2.24, 2.45) is 5.73 Å². The van der Waals surface area contributed by atoms with Gasteiger partial charge >= 0.3 is 0 Å². The van der Waals surface area contributed by atoms with Crippen LogP contribution in [0.15, 0.2) is 60.9 Å². The van der Waals surface area contributed by atoms with Gasteiger partial charge in [-0.15, -0.1) is 0 Å². The highest BCUT2D eigenvalue weighted by Gasteiger charge is 2.21. The Morgan fingerprint density at radius 3 is 2.53 bits per heavy atom. The molecule has 1 aliphatic heterocycles. The second kappa shape index (κ2) is 14.6. The maximum Gasteiger partial charge on any atom is 0.253 e. The van der Waals surface area contributed by atoms with Gasteiger partial charge in [0.2, 0.25) is 0 Å². The molecule has 1 fully saturated rings. The van der Waals surface area contributed by atoms with Crippen LogP contribution in [-0.4, -0.2) is 35.5 Å². The van der Waals surface area contributed by atoms with E-state index in [0.29, 0.717) is 29.1 Å². The third-order valence-corrected chi connectivity index (χ3v) is 6.51. The molecule has 1 saturated heterocycles. The Bertz CT molecular complexity index is 1210. The Morgan fingerprint density at radius 1 is 1.11 bits per heavy atom. The number of aromatic nitrogens is 1. The first-order chi connectivity index (χ1) is 18.4. The van der Waals surface area contributed by atoms with Crippen LogP contribution in [-0.2, 0) is 17.7 Å². The maximum atomic E-state index is 13.0. The molecule has 2 unspecified atom stereocenters. The number of carbonyl (C=O) groups excluding carboxylic acids is 1. The van der Waals surface area contributed by atoms with E-state index in [4.69, 9.17) is 27.5 Å². The van der Waals surface area contributed by atoms with Crippen LogP contribution in [0, 0.1) is 5.41 Å². The quantitative estimate of drug-likeness (QED) is 0.253. The number of halogens is 1. The number of hydrogen-bond acceptors (Lipinski definition) is 6. The summed E-state index contributed by atoms with van der Waals surface area (Å²) in [6.45, 7) is 7.01. The molecule has 7 nitrogen and oxygen atoms in total. The molecule has 5 N–H and O–H groups in total. The van der Waals surface area contributed by atoms with Gasteiger partial charge in [-0.25, -0.2) is 0 Å². The number of nitrogens with zero attached hydrogens (tertiary/aromatic N) is 1. The van der Waals surface area contributed by atoms with E-state index in [-0.39, 0.29) is 17.8 Å². The molecular weight excluding hydrogens is 498 g/mol. The van der Waals surface area contributed by atoms with Crippen molar-refractivity contribution in [1.29, 1.82) is 5.41 Å². The van der Waals surface area contributed by atoms with Crippen molar-refractivity contribution in [3.63, 3.8) is 0 Å². The third kappa shape index (κ3) is 8.12. The molecule has 0 bridgehead atoms. The number of carbonyl (C=O) groups is 1. The zero-order chi connectivity index (χ0) is 27.5. The standard InChI is InChI=1S/C28H32ClN5O2.C2H6/c1-18(27(31)24-14-23(29)9-10-25(24)34-26-4-2-3-11-36-26)33-28(35)22-13-21(16-32-17-22)12-19-5-7-20(15-30)8-6-19;1-2/h5-10,13-14,16-18,26,31,34H,2-4,11-12,15,30H2,1H3,(H,33,35);1-2H3. The summed E-state index contributed by atoms with van der Waals surface area (Å²) in [4.78, 5) is 17.3. The number of nitrogens with two attached hydrogens (primary N) is 1. The van der Waals surface area contributed by atoms with Crippen molar-refractivity contribution in [2.45, 2.75) is 65.3 Å². The summed E-state index contributed by atoms with van der Waals surface area (Å²) in [5.41, 5.74) is 10.9. The summed E-state index contributed by atoms with van der Waals surface area (Å²) in [5.74, 6) is -0.285. The minimum Gasteiger partial charge on any atom is -0.360 e. The first-order valence-electron chi connectivity index (χ1n) is 13.2. The van der Waals surface area contributed by atoms with Crippen LogP contribution in [0.5, 0.6) is 0 Å². The SMILES string of the molecule is CC.CC(NC(=O)c1cncc(Cc2ccc(CN)cc2)c1)C(=N)c1cc(Cl)ccc1NC1CCCCO1. The number of amides is 1. The molecule has 2 atom stereocenters. The van der Waals surface area contributed by atoms with Crippen LogP contribution in [0.3, 0.4) is 0 Å². The lowest BCUT2D eigenvalue weighted by molar-refractivity contribution is 0.0343. The van der Waals surface area contributed by atoms with Crippen molar-refractivity contribution in [3.05, 3.63) is 93.8 Å². The summed E-state index contributed by atoms with van der Waals surface area (Å²) in [5, 5.41) is 15.6. The van der Waals surface area contributed by atoms with Crippen LogP contribution in [0.1, 0.15) is 72.6 Å². The topological polar surface area (TPSA) is 113 Å². The third-order valence-electron chi connectivity index (χ3n) is 6.27. The molecule has 1 amide bonds. The Labute approximate surface area is 230 Å². The fourth-order valence-electron chi connectivity index (χ4n) is 4.22. The smallest absolute Gasteiger partial charge is 0.253 e.